The van der Waals surface area contributed by atoms with Crippen LogP contribution in [0.1, 0.15) is 33.6 Å². The van der Waals surface area contributed by atoms with Gasteiger partial charge in [-0.1, -0.05) is 35.2 Å². The van der Waals surface area contributed by atoms with Gasteiger partial charge in [0, 0.05) is 36.3 Å². The number of ether oxygens (including phenoxy) is 2. The van der Waals surface area contributed by atoms with Crippen molar-refractivity contribution in [2.75, 3.05) is 42.9 Å². The summed E-state index contributed by atoms with van der Waals surface area (Å²) in [5, 5.41) is 2.46. The fourth-order valence-electron chi connectivity index (χ4n) is 5.83. The summed E-state index contributed by atoms with van der Waals surface area (Å²) in [4.78, 5) is 70.4. The minimum atomic E-state index is -0.844. The van der Waals surface area contributed by atoms with Crippen LogP contribution in [0.3, 0.4) is 0 Å². The first kappa shape index (κ1) is 32.1. The first-order valence-electron chi connectivity index (χ1n) is 14.9. The van der Waals surface area contributed by atoms with Gasteiger partial charge in [-0.2, -0.15) is 0 Å². The fourth-order valence-corrected chi connectivity index (χ4v) is 8.60. The molecule has 6 rings (SSSR count). The van der Waals surface area contributed by atoms with Gasteiger partial charge in [0.2, 0.25) is 17.7 Å². The number of fused-ring (bicyclic) bond motifs is 2. The van der Waals surface area contributed by atoms with Crippen LogP contribution in [0.2, 0.25) is 0 Å². The number of thioether (sulfide) groups is 1. The van der Waals surface area contributed by atoms with Gasteiger partial charge in [0.15, 0.2) is 0 Å². The molecule has 3 aromatic carbocycles. The number of imide groups is 1. The highest BCUT2D eigenvalue weighted by Gasteiger charge is 2.56. The number of methoxy groups -OCH3 is 1. The van der Waals surface area contributed by atoms with E-state index in [0.717, 1.165) is 39.2 Å². The molecular weight excluding hydrogens is 641 g/mol. The van der Waals surface area contributed by atoms with E-state index in [-0.39, 0.29) is 18.0 Å². The predicted molar refractivity (Wildman–Crippen MR) is 181 cm³/mol. The van der Waals surface area contributed by atoms with Crippen LogP contribution in [0, 0.1) is 5.92 Å². The first-order valence-corrected chi connectivity index (χ1v) is 16.6. The van der Waals surface area contributed by atoms with Crippen molar-refractivity contribution in [3.63, 3.8) is 0 Å². The number of rotatable bonds is 9. The lowest BCUT2D eigenvalue weighted by atomic mass is 9.83. The van der Waals surface area contributed by atoms with Crippen LogP contribution >= 0.6 is 23.1 Å². The average Bonchev–Trinajstić information content (AvgIpc) is 3.51. The Hall–Kier alpha value is -4.88. The normalized spacial score (nSPS) is 18.4. The number of benzene rings is 3. The van der Waals surface area contributed by atoms with Crippen molar-refractivity contribution >= 4 is 63.9 Å². The fraction of sp³-hybridized carbons (Fsp3) is 0.265. The van der Waals surface area contributed by atoms with E-state index in [2.05, 4.69) is 5.32 Å². The van der Waals surface area contributed by atoms with Gasteiger partial charge in [-0.05, 0) is 73.2 Å². The maximum Gasteiger partial charge on any atom is 0.338 e. The number of esters is 1. The van der Waals surface area contributed by atoms with Crippen LogP contribution in [-0.4, -0.2) is 61.3 Å². The smallest absolute Gasteiger partial charge is 0.338 e. The van der Waals surface area contributed by atoms with E-state index in [0.29, 0.717) is 32.6 Å². The molecule has 1 fully saturated rings. The molecule has 2 aliphatic rings. The summed E-state index contributed by atoms with van der Waals surface area (Å²) in [6.07, 6.45) is 0. The highest BCUT2D eigenvalue weighted by Crippen LogP contribution is 2.54. The van der Waals surface area contributed by atoms with Gasteiger partial charge in [0.1, 0.15) is 17.5 Å². The zero-order valence-corrected chi connectivity index (χ0v) is 27.7. The Morgan fingerprint density at radius 3 is 2.21 bits per heavy atom. The molecule has 0 saturated carbocycles. The lowest BCUT2D eigenvalue weighted by Gasteiger charge is -2.31. The SMILES string of the molecule is CCOC(=O)c1ccc(N2C(=O)C3Sc4c(sc(=O)n4CC(=O)Nc4ccc(OC)cc4)C(c4ccc(N(C)C)cc4)C3C2=O)cc1. The summed E-state index contributed by atoms with van der Waals surface area (Å²) in [6.45, 7) is 1.66. The largest absolute Gasteiger partial charge is 0.497 e. The van der Waals surface area contributed by atoms with Crippen LogP contribution in [0.15, 0.2) is 82.6 Å². The molecule has 0 aliphatic carbocycles. The molecule has 0 spiro atoms. The average molecular weight is 673 g/mol. The molecule has 0 bridgehead atoms. The van der Waals surface area contributed by atoms with Crippen LogP contribution in [0.25, 0.3) is 0 Å². The molecule has 2 aliphatic heterocycles. The standard InChI is InChI=1S/C34H32N4O7S2/c1-5-45-33(42)20-8-14-23(15-9-20)38-30(40)27-26(19-6-12-22(13-7-19)36(2)3)29-32(46-28(27)31(38)41)37(34(43)47-29)18-25(39)35-21-10-16-24(44-4)17-11-21/h6-17,26-28H,5,18H2,1-4H3,(H,35,39). The maximum atomic E-state index is 14.2. The molecule has 4 aromatic rings. The van der Waals surface area contributed by atoms with Crippen molar-refractivity contribution in [2.45, 2.75) is 29.7 Å². The van der Waals surface area contributed by atoms with Gasteiger partial charge < -0.3 is 19.7 Å². The van der Waals surface area contributed by atoms with E-state index in [4.69, 9.17) is 9.47 Å². The zero-order chi connectivity index (χ0) is 33.4. The Labute approximate surface area is 279 Å². The van der Waals surface area contributed by atoms with Gasteiger partial charge in [-0.15, -0.1) is 0 Å². The molecule has 0 radical (unpaired) electrons. The summed E-state index contributed by atoms with van der Waals surface area (Å²) < 4.78 is 11.6. The van der Waals surface area contributed by atoms with Crippen molar-refractivity contribution in [2.24, 2.45) is 5.92 Å². The zero-order valence-electron chi connectivity index (χ0n) is 26.1. The second kappa shape index (κ2) is 13.1. The maximum absolute atomic E-state index is 14.2. The number of carbonyl (C=O) groups excluding carboxylic acids is 4. The lowest BCUT2D eigenvalue weighted by Crippen LogP contribution is -2.33. The second-order valence-electron chi connectivity index (χ2n) is 11.2. The van der Waals surface area contributed by atoms with Gasteiger partial charge in [0.25, 0.3) is 0 Å². The number of nitrogens with zero attached hydrogens (tertiary/aromatic N) is 3. The summed E-state index contributed by atoms with van der Waals surface area (Å²) in [5.74, 6) is -2.49. The topological polar surface area (TPSA) is 127 Å². The van der Waals surface area contributed by atoms with E-state index >= 15 is 0 Å². The van der Waals surface area contributed by atoms with Gasteiger partial charge in [-0.3, -0.25) is 23.7 Å². The van der Waals surface area contributed by atoms with Crippen LogP contribution in [-0.2, 0) is 25.7 Å². The summed E-state index contributed by atoms with van der Waals surface area (Å²) in [5.41, 5.74) is 2.92. The molecule has 3 unspecified atom stereocenters. The van der Waals surface area contributed by atoms with Crippen molar-refractivity contribution < 1.29 is 28.7 Å². The van der Waals surface area contributed by atoms with E-state index in [9.17, 15) is 24.0 Å². The summed E-state index contributed by atoms with van der Waals surface area (Å²) >= 11 is 2.13. The Balaban J connectivity index is 1.36. The third kappa shape index (κ3) is 6.03. The van der Waals surface area contributed by atoms with Crippen molar-refractivity contribution in [1.29, 1.82) is 0 Å². The molecule has 1 aromatic heterocycles. The van der Waals surface area contributed by atoms with Crippen LogP contribution in [0.4, 0.5) is 17.1 Å². The number of hydrogen-bond acceptors (Lipinski definition) is 10. The van der Waals surface area contributed by atoms with E-state index in [1.54, 1.807) is 50.4 Å². The van der Waals surface area contributed by atoms with E-state index in [1.807, 2.05) is 43.3 Å². The van der Waals surface area contributed by atoms with Gasteiger partial charge in [-0.25, -0.2) is 9.69 Å². The monoisotopic (exact) mass is 672 g/mol. The van der Waals surface area contributed by atoms with Crippen LogP contribution < -0.4 is 24.7 Å². The van der Waals surface area contributed by atoms with Crippen molar-refractivity contribution in [3.8, 4) is 5.75 Å². The Morgan fingerprint density at radius 2 is 1.60 bits per heavy atom. The van der Waals surface area contributed by atoms with E-state index in [1.165, 1.54) is 16.7 Å². The highest BCUT2D eigenvalue weighted by atomic mass is 32.2. The number of anilines is 3. The summed E-state index contributed by atoms with van der Waals surface area (Å²) in [6, 6.07) is 20.7. The van der Waals surface area contributed by atoms with Crippen molar-refractivity contribution in [1.82, 2.24) is 4.57 Å². The minimum Gasteiger partial charge on any atom is -0.497 e. The van der Waals surface area contributed by atoms with Crippen molar-refractivity contribution in [3.05, 3.63) is 98.5 Å². The quantitative estimate of drug-likeness (QED) is 0.201. The summed E-state index contributed by atoms with van der Waals surface area (Å²) in [7, 11) is 5.40. The highest BCUT2D eigenvalue weighted by molar-refractivity contribution is 8.00. The number of nitrogens with one attached hydrogen (secondary N) is 1. The van der Waals surface area contributed by atoms with Crippen LogP contribution in [0.5, 0.6) is 5.75 Å². The number of thiazole rings is 1. The minimum absolute atomic E-state index is 0.222. The van der Waals surface area contributed by atoms with Gasteiger partial charge >= 0.3 is 10.8 Å². The molecule has 242 valence electrons. The second-order valence-corrected chi connectivity index (χ2v) is 13.3. The number of aromatic nitrogens is 1. The first-order chi connectivity index (χ1) is 22.6. The molecule has 3 atom stereocenters. The molecular formula is C34H32N4O7S2. The molecule has 1 saturated heterocycles. The Bertz CT molecular complexity index is 1900. The Morgan fingerprint density at radius 1 is 0.915 bits per heavy atom. The Kier molecular flexibility index (Phi) is 8.93. The third-order valence-corrected chi connectivity index (χ3v) is 10.7. The molecule has 47 heavy (non-hydrogen) atoms. The molecule has 3 heterocycles. The molecule has 1 N–H and O–H groups in total. The lowest BCUT2D eigenvalue weighted by molar-refractivity contribution is -0.122. The van der Waals surface area contributed by atoms with Gasteiger partial charge in [0.05, 0.1) is 35.9 Å². The number of hydrogen-bond donors (Lipinski definition) is 1. The molecule has 11 nitrogen and oxygen atoms in total. The molecule has 13 heteroatoms. The number of carbonyl (C=O) groups is 4. The third-order valence-electron chi connectivity index (χ3n) is 8.13. The predicted octanol–water partition coefficient (Wildman–Crippen LogP) is 4.60. The van der Waals surface area contributed by atoms with E-state index < -0.39 is 40.8 Å². The number of amides is 3. The molecule has 3 amide bonds.